The van der Waals surface area contributed by atoms with Crippen LogP contribution in [0.3, 0.4) is 0 Å². The third-order valence-electron chi connectivity index (χ3n) is 3.42. The molecule has 0 unspecified atom stereocenters. The second-order valence-electron chi connectivity index (χ2n) is 4.67. The zero-order chi connectivity index (χ0) is 11.9. The van der Waals surface area contributed by atoms with Gasteiger partial charge in [-0.3, -0.25) is 0 Å². The first-order valence-corrected chi connectivity index (χ1v) is 6.48. The van der Waals surface area contributed by atoms with E-state index in [0.29, 0.717) is 11.7 Å². The van der Waals surface area contributed by atoms with Gasteiger partial charge in [0.15, 0.2) is 5.75 Å². The lowest BCUT2D eigenvalue weighted by molar-refractivity contribution is 0.345. The van der Waals surface area contributed by atoms with E-state index in [4.69, 9.17) is 4.74 Å². The van der Waals surface area contributed by atoms with Crippen LogP contribution in [0.5, 0.6) is 5.75 Å². The lowest BCUT2D eigenvalue weighted by Crippen LogP contribution is -2.13. The molecule has 0 aromatic carbocycles. The minimum Gasteiger partial charge on any atom is -0.494 e. The van der Waals surface area contributed by atoms with Gasteiger partial charge in [-0.25, -0.2) is 9.97 Å². The summed E-state index contributed by atoms with van der Waals surface area (Å²) in [6, 6.07) is 0. The van der Waals surface area contributed by atoms with Gasteiger partial charge in [0.2, 0.25) is 5.95 Å². The van der Waals surface area contributed by atoms with Gasteiger partial charge in [0.25, 0.3) is 0 Å². The van der Waals surface area contributed by atoms with Crippen molar-refractivity contribution in [3.05, 3.63) is 12.4 Å². The van der Waals surface area contributed by atoms with Gasteiger partial charge < -0.3 is 10.1 Å². The Hall–Kier alpha value is -1.32. The number of rotatable bonds is 5. The first kappa shape index (κ1) is 12.1. The van der Waals surface area contributed by atoms with E-state index in [2.05, 4.69) is 15.3 Å². The molecule has 0 radical (unpaired) electrons. The summed E-state index contributed by atoms with van der Waals surface area (Å²) in [5.41, 5.74) is 0. The van der Waals surface area contributed by atoms with Crippen LogP contribution in [-0.4, -0.2) is 23.6 Å². The van der Waals surface area contributed by atoms with Crippen LogP contribution in [0.1, 0.15) is 38.5 Å². The number of anilines is 1. The lowest BCUT2D eigenvalue weighted by Gasteiger charge is -2.21. The molecule has 94 valence electrons. The highest BCUT2D eigenvalue weighted by atomic mass is 16.5. The smallest absolute Gasteiger partial charge is 0.222 e. The lowest BCUT2D eigenvalue weighted by atomic mass is 9.87. The van der Waals surface area contributed by atoms with Crippen molar-refractivity contribution in [3.8, 4) is 5.75 Å². The summed E-state index contributed by atoms with van der Waals surface area (Å²) in [5, 5.41) is 3.27. The Balaban J connectivity index is 1.69. The maximum atomic E-state index is 5.02. The number of methoxy groups -OCH3 is 1. The van der Waals surface area contributed by atoms with Crippen molar-refractivity contribution in [3.63, 3.8) is 0 Å². The Morgan fingerprint density at radius 2 is 1.94 bits per heavy atom. The molecule has 0 saturated heterocycles. The Kier molecular flexibility index (Phi) is 4.59. The third kappa shape index (κ3) is 3.88. The van der Waals surface area contributed by atoms with Gasteiger partial charge in [0.05, 0.1) is 19.5 Å². The van der Waals surface area contributed by atoms with Crippen molar-refractivity contribution < 1.29 is 4.74 Å². The van der Waals surface area contributed by atoms with Crippen LogP contribution in [-0.2, 0) is 0 Å². The molecule has 0 atom stereocenters. The summed E-state index contributed by atoms with van der Waals surface area (Å²) in [6.45, 7) is 0.969. The van der Waals surface area contributed by atoms with Crippen LogP contribution < -0.4 is 10.1 Å². The van der Waals surface area contributed by atoms with Gasteiger partial charge in [-0.15, -0.1) is 0 Å². The second kappa shape index (κ2) is 6.42. The average Bonchev–Trinajstić information content (AvgIpc) is 2.41. The molecule has 1 N–H and O–H groups in total. The molecule has 1 saturated carbocycles. The molecule has 0 amide bonds. The maximum absolute atomic E-state index is 5.02. The molecule has 1 heterocycles. The Morgan fingerprint density at radius 1 is 1.24 bits per heavy atom. The van der Waals surface area contributed by atoms with Gasteiger partial charge >= 0.3 is 0 Å². The van der Waals surface area contributed by atoms with Gasteiger partial charge in [0, 0.05) is 6.54 Å². The van der Waals surface area contributed by atoms with Gasteiger partial charge in [-0.1, -0.05) is 32.1 Å². The van der Waals surface area contributed by atoms with E-state index < -0.39 is 0 Å². The van der Waals surface area contributed by atoms with Gasteiger partial charge in [-0.2, -0.15) is 0 Å². The van der Waals surface area contributed by atoms with Crippen molar-refractivity contribution in [2.75, 3.05) is 19.0 Å². The predicted octanol–water partition coefficient (Wildman–Crippen LogP) is 2.87. The molecule has 1 fully saturated rings. The molecule has 1 aliphatic carbocycles. The molecular formula is C13H21N3O. The third-order valence-corrected chi connectivity index (χ3v) is 3.42. The van der Waals surface area contributed by atoms with Crippen molar-refractivity contribution in [1.82, 2.24) is 9.97 Å². The van der Waals surface area contributed by atoms with E-state index >= 15 is 0 Å². The summed E-state index contributed by atoms with van der Waals surface area (Å²) < 4.78 is 5.02. The maximum Gasteiger partial charge on any atom is 0.222 e. The number of nitrogens with zero attached hydrogens (tertiary/aromatic N) is 2. The summed E-state index contributed by atoms with van der Waals surface area (Å²) in [5.74, 6) is 2.29. The summed E-state index contributed by atoms with van der Waals surface area (Å²) in [6.07, 6.45) is 11.6. The fourth-order valence-electron chi connectivity index (χ4n) is 2.38. The number of hydrogen-bond donors (Lipinski definition) is 1. The first-order chi connectivity index (χ1) is 8.38. The van der Waals surface area contributed by atoms with Crippen LogP contribution in [0, 0.1) is 5.92 Å². The van der Waals surface area contributed by atoms with E-state index in [1.54, 1.807) is 19.5 Å². The van der Waals surface area contributed by atoms with E-state index in [1.165, 1.54) is 38.5 Å². The molecular weight excluding hydrogens is 214 g/mol. The molecule has 1 aromatic rings. The molecule has 0 spiro atoms. The molecule has 1 aliphatic rings. The Morgan fingerprint density at radius 3 is 2.59 bits per heavy atom. The minimum absolute atomic E-state index is 0.696. The molecule has 4 heteroatoms. The topological polar surface area (TPSA) is 47.0 Å². The number of nitrogens with one attached hydrogen (secondary N) is 1. The molecule has 2 rings (SSSR count). The molecule has 0 bridgehead atoms. The normalized spacial score (nSPS) is 16.8. The second-order valence-corrected chi connectivity index (χ2v) is 4.67. The number of ether oxygens (including phenoxy) is 1. The Labute approximate surface area is 103 Å². The zero-order valence-electron chi connectivity index (χ0n) is 10.5. The van der Waals surface area contributed by atoms with Crippen LogP contribution in [0.15, 0.2) is 12.4 Å². The molecule has 17 heavy (non-hydrogen) atoms. The van der Waals surface area contributed by atoms with E-state index in [-0.39, 0.29) is 0 Å². The van der Waals surface area contributed by atoms with Crippen LogP contribution in [0.4, 0.5) is 5.95 Å². The largest absolute Gasteiger partial charge is 0.494 e. The SMILES string of the molecule is COc1cnc(NCCC2CCCCC2)nc1. The zero-order valence-corrected chi connectivity index (χ0v) is 10.5. The first-order valence-electron chi connectivity index (χ1n) is 6.48. The van der Waals surface area contributed by atoms with Crippen molar-refractivity contribution in [1.29, 1.82) is 0 Å². The van der Waals surface area contributed by atoms with Crippen molar-refractivity contribution >= 4 is 5.95 Å². The Bertz CT molecular complexity index is 320. The molecule has 0 aliphatic heterocycles. The van der Waals surface area contributed by atoms with Crippen molar-refractivity contribution in [2.45, 2.75) is 38.5 Å². The number of hydrogen-bond acceptors (Lipinski definition) is 4. The monoisotopic (exact) mass is 235 g/mol. The van der Waals surface area contributed by atoms with Gasteiger partial charge in [-0.05, 0) is 12.3 Å². The van der Waals surface area contributed by atoms with E-state index in [9.17, 15) is 0 Å². The highest BCUT2D eigenvalue weighted by Crippen LogP contribution is 2.25. The van der Waals surface area contributed by atoms with Gasteiger partial charge in [0.1, 0.15) is 0 Å². The minimum atomic E-state index is 0.696. The quantitative estimate of drug-likeness (QED) is 0.852. The highest BCUT2D eigenvalue weighted by Gasteiger charge is 2.12. The standard InChI is InChI=1S/C13H21N3O/c1-17-12-9-15-13(16-10-12)14-8-7-11-5-3-2-4-6-11/h9-11H,2-8H2,1H3,(H,14,15,16). The molecule has 1 aromatic heterocycles. The fourth-order valence-corrected chi connectivity index (χ4v) is 2.38. The van der Waals surface area contributed by atoms with E-state index in [1.807, 2.05) is 0 Å². The van der Waals surface area contributed by atoms with Crippen molar-refractivity contribution in [2.24, 2.45) is 5.92 Å². The summed E-state index contributed by atoms with van der Waals surface area (Å²) in [7, 11) is 1.62. The highest BCUT2D eigenvalue weighted by molar-refractivity contribution is 5.26. The molecule has 4 nitrogen and oxygen atoms in total. The van der Waals surface area contributed by atoms with E-state index in [0.717, 1.165) is 12.5 Å². The van der Waals surface area contributed by atoms with Crippen LogP contribution in [0.2, 0.25) is 0 Å². The predicted molar refractivity (Wildman–Crippen MR) is 68.3 cm³/mol. The fraction of sp³-hybridized carbons (Fsp3) is 0.692. The summed E-state index contributed by atoms with van der Waals surface area (Å²) in [4.78, 5) is 8.37. The van der Waals surface area contributed by atoms with Crippen LogP contribution in [0.25, 0.3) is 0 Å². The number of aromatic nitrogens is 2. The summed E-state index contributed by atoms with van der Waals surface area (Å²) >= 11 is 0. The van der Waals surface area contributed by atoms with Crippen LogP contribution >= 0.6 is 0 Å². The average molecular weight is 235 g/mol.